The van der Waals surface area contributed by atoms with Gasteiger partial charge in [-0.3, -0.25) is 14.5 Å². The molecule has 0 bridgehead atoms. The van der Waals surface area contributed by atoms with Crippen molar-refractivity contribution in [2.75, 3.05) is 19.6 Å². The van der Waals surface area contributed by atoms with Crippen molar-refractivity contribution in [1.29, 1.82) is 0 Å². The number of likely N-dealkylation sites (tertiary alicyclic amines) is 1. The van der Waals surface area contributed by atoms with E-state index in [0.29, 0.717) is 17.5 Å². The molecule has 1 saturated heterocycles. The molecule has 34 heavy (non-hydrogen) atoms. The van der Waals surface area contributed by atoms with Gasteiger partial charge in [0.1, 0.15) is 5.58 Å². The van der Waals surface area contributed by atoms with Gasteiger partial charge < -0.3 is 9.73 Å². The van der Waals surface area contributed by atoms with Crippen LogP contribution in [0.4, 0.5) is 0 Å². The largest absolute Gasteiger partial charge is 0.451 e. The molecule has 5 heteroatoms. The van der Waals surface area contributed by atoms with E-state index in [9.17, 15) is 9.59 Å². The summed E-state index contributed by atoms with van der Waals surface area (Å²) in [5, 5.41) is 3.56. The number of hydrogen-bond acceptors (Lipinski definition) is 4. The van der Waals surface area contributed by atoms with Gasteiger partial charge in [0.15, 0.2) is 11.2 Å². The van der Waals surface area contributed by atoms with E-state index in [-0.39, 0.29) is 28.6 Å². The third kappa shape index (κ3) is 5.41. The van der Waals surface area contributed by atoms with E-state index < -0.39 is 0 Å². The fourth-order valence-electron chi connectivity index (χ4n) is 4.70. The number of amides is 1. The summed E-state index contributed by atoms with van der Waals surface area (Å²) in [7, 11) is 0. The Morgan fingerprint density at radius 3 is 2.38 bits per heavy atom. The highest BCUT2D eigenvalue weighted by molar-refractivity contribution is 5.93. The van der Waals surface area contributed by atoms with E-state index in [1.54, 1.807) is 6.07 Å². The van der Waals surface area contributed by atoms with Crippen LogP contribution in [0.3, 0.4) is 0 Å². The fraction of sp³-hybridized carbons (Fsp3) is 0.448. The molecule has 3 aromatic rings. The quantitative estimate of drug-likeness (QED) is 0.519. The van der Waals surface area contributed by atoms with Crippen molar-refractivity contribution in [3.05, 3.63) is 81.2 Å². The average Bonchev–Trinajstić information content (AvgIpc) is 2.84. The highest BCUT2D eigenvalue weighted by Gasteiger charge is 2.24. The van der Waals surface area contributed by atoms with Crippen molar-refractivity contribution in [2.24, 2.45) is 0 Å². The second-order valence-corrected chi connectivity index (χ2v) is 10.4. The molecule has 0 aliphatic carbocycles. The molecule has 1 atom stereocenters. The number of benzene rings is 2. The maximum Gasteiger partial charge on any atom is 0.287 e. The monoisotopic (exact) mass is 460 g/mol. The summed E-state index contributed by atoms with van der Waals surface area (Å²) in [5.41, 5.74) is 3.91. The molecule has 1 N–H and O–H groups in total. The van der Waals surface area contributed by atoms with Crippen LogP contribution in [0.25, 0.3) is 11.0 Å². The van der Waals surface area contributed by atoms with Crippen LogP contribution in [0.2, 0.25) is 0 Å². The lowest BCUT2D eigenvalue weighted by molar-refractivity contribution is 0.0897. The molecular weight excluding hydrogens is 424 g/mol. The van der Waals surface area contributed by atoms with Crippen LogP contribution in [0.5, 0.6) is 0 Å². The van der Waals surface area contributed by atoms with Crippen LogP contribution in [0, 0.1) is 0 Å². The van der Waals surface area contributed by atoms with E-state index in [4.69, 9.17) is 4.42 Å². The van der Waals surface area contributed by atoms with Crippen LogP contribution < -0.4 is 10.7 Å². The molecule has 2 heterocycles. The zero-order valence-electron chi connectivity index (χ0n) is 20.8. The normalized spacial score (nSPS) is 15.9. The Morgan fingerprint density at radius 1 is 1.03 bits per heavy atom. The van der Waals surface area contributed by atoms with E-state index in [0.717, 1.165) is 25.1 Å². The first-order valence-electron chi connectivity index (χ1n) is 12.5. The van der Waals surface area contributed by atoms with Crippen molar-refractivity contribution >= 4 is 16.9 Å². The fourth-order valence-corrected chi connectivity index (χ4v) is 4.70. The van der Waals surface area contributed by atoms with Crippen molar-refractivity contribution in [3.63, 3.8) is 0 Å². The Hall–Kier alpha value is -2.92. The standard InChI is InChI=1S/C29H36N2O3/c1-5-20-9-14-26-23(17-20)25(32)18-27(34-26)28(33)30-19-24(31-15-7-6-8-16-31)21-10-12-22(13-11-21)29(2,3)4/h9-14,17-18,24H,5-8,15-16,19H2,1-4H3,(H,30,33)/t24-/m0/s1. The molecular formula is C29H36N2O3. The van der Waals surface area contributed by atoms with Gasteiger partial charge >= 0.3 is 0 Å². The summed E-state index contributed by atoms with van der Waals surface area (Å²) < 4.78 is 5.81. The van der Waals surface area contributed by atoms with Crippen molar-refractivity contribution in [3.8, 4) is 0 Å². The molecule has 1 amide bonds. The van der Waals surface area contributed by atoms with Crippen LogP contribution in [0.1, 0.15) is 80.2 Å². The van der Waals surface area contributed by atoms with Gasteiger partial charge in [0, 0.05) is 12.6 Å². The van der Waals surface area contributed by atoms with E-state index in [1.165, 1.54) is 36.5 Å². The van der Waals surface area contributed by atoms with Crippen molar-refractivity contribution < 1.29 is 9.21 Å². The minimum Gasteiger partial charge on any atom is -0.451 e. The Kier molecular flexibility index (Phi) is 7.22. The number of fused-ring (bicyclic) bond motifs is 1. The summed E-state index contributed by atoms with van der Waals surface area (Å²) in [5.74, 6) is -0.297. The predicted molar refractivity (Wildman–Crippen MR) is 138 cm³/mol. The minimum atomic E-state index is -0.355. The number of carbonyl (C=O) groups is 1. The van der Waals surface area contributed by atoms with Gasteiger partial charge in [-0.25, -0.2) is 0 Å². The molecule has 180 valence electrons. The number of carbonyl (C=O) groups excluding carboxylic acids is 1. The number of hydrogen-bond donors (Lipinski definition) is 1. The molecule has 1 aliphatic rings. The van der Waals surface area contributed by atoms with Crippen LogP contribution in [-0.4, -0.2) is 30.4 Å². The Bertz CT molecular complexity index is 1200. The van der Waals surface area contributed by atoms with Gasteiger partial charge in [-0.1, -0.05) is 64.4 Å². The number of rotatable bonds is 6. The topological polar surface area (TPSA) is 62.6 Å². The van der Waals surface area contributed by atoms with Gasteiger partial charge in [-0.2, -0.15) is 0 Å². The van der Waals surface area contributed by atoms with Gasteiger partial charge in [0.25, 0.3) is 5.91 Å². The number of aryl methyl sites for hydroxylation is 1. The summed E-state index contributed by atoms with van der Waals surface area (Å²) in [6, 6.07) is 15.7. The lowest BCUT2D eigenvalue weighted by Gasteiger charge is -2.35. The maximum atomic E-state index is 13.0. The molecule has 2 aromatic carbocycles. The van der Waals surface area contributed by atoms with E-state index in [2.05, 4.69) is 55.3 Å². The van der Waals surface area contributed by atoms with Gasteiger partial charge in [0.05, 0.1) is 11.4 Å². The first kappa shape index (κ1) is 24.2. The number of nitrogens with zero attached hydrogens (tertiary/aromatic N) is 1. The second kappa shape index (κ2) is 10.1. The first-order valence-corrected chi connectivity index (χ1v) is 12.5. The number of piperidine rings is 1. The predicted octanol–water partition coefficient (Wildman–Crippen LogP) is 5.61. The Labute approximate surface area is 202 Å². The molecule has 1 aliphatic heterocycles. The van der Waals surface area contributed by atoms with Gasteiger partial charge in [0.2, 0.25) is 0 Å². The molecule has 0 spiro atoms. The average molecular weight is 461 g/mol. The second-order valence-electron chi connectivity index (χ2n) is 10.4. The third-order valence-corrected chi connectivity index (χ3v) is 6.87. The van der Waals surface area contributed by atoms with Crippen molar-refractivity contribution in [1.82, 2.24) is 10.2 Å². The Morgan fingerprint density at radius 2 is 1.74 bits per heavy atom. The lowest BCUT2D eigenvalue weighted by atomic mass is 9.86. The lowest BCUT2D eigenvalue weighted by Crippen LogP contribution is -2.40. The van der Waals surface area contributed by atoms with E-state index in [1.807, 2.05) is 19.1 Å². The zero-order valence-corrected chi connectivity index (χ0v) is 20.8. The summed E-state index contributed by atoms with van der Waals surface area (Å²) >= 11 is 0. The molecule has 4 rings (SSSR count). The van der Waals surface area contributed by atoms with Crippen LogP contribution >= 0.6 is 0 Å². The molecule has 0 radical (unpaired) electrons. The smallest absolute Gasteiger partial charge is 0.287 e. The van der Waals surface area contributed by atoms with Crippen LogP contribution in [-0.2, 0) is 11.8 Å². The first-order chi connectivity index (χ1) is 16.3. The summed E-state index contributed by atoms with van der Waals surface area (Å²) in [4.78, 5) is 28.1. The molecule has 5 nitrogen and oxygen atoms in total. The summed E-state index contributed by atoms with van der Waals surface area (Å²) in [6.07, 6.45) is 4.43. The highest BCUT2D eigenvalue weighted by Crippen LogP contribution is 2.28. The highest BCUT2D eigenvalue weighted by atomic mass is 16.3. The Balaban J connectivity index is 1.55. The molecule has 1 aromatic heterocycles. The summed E-state index contributed by atoms with van der Waals surface area (Å²) in [6.45, 7) is 11.2. The van der Waals surface area contributed by atoms with Gasteiger partial charge in [-0.15, -0.1) is 0 Å². The molecule has 1 fully saturated rings. The van der Waals surface area contributed by atoms with Crippen molar-refractivity contribution in [2.45, 2.75) is 64.8 Å². The third-order valence-electron chi connectivity index (χ3n) is 6.87. The van der Waals surface area contributed by atoms with E-state index >= 15 is 0 Å². The van der Waals surface area contributed by atoms with Gasteiger partial charge in [-0.05, 0) is 66.6 Å². The SMILES string of the molecule is CCc1ccc2oc(C(=O)NC[C@@H](c3ccc(C(C)(C)C)cc3)N3CCCCC3)cc(=O)c2c1. The minimum absolute atomic E-state index is 0.0576. The molecule has 0 saturated carbocycles. The number of nitrogens with one attached hydrogen (secondary N) is 1. The maximum absolute atomic E-state index is 13.0. The zero-order chi connectivity index (χ0) is 24.3. The van der Waals surface area contributed by atoms with Crippen LogP contribution in [0.15, 0.2) is 57.7 Å². The molecule has 0 unspecified atom stereocenters.